The molecule has 0 saturated heterocycles. The molecule has 7 heteroatoms. The summed E-state index contributed by atoms with van der Waals surface area (Å²) in [7, 11) is 1.61. The first-order valence-electron chi connectivity index (χ1n) is 8.49. The zero-order chi connectivity index (χ0) is 18.4. The molecule has 1 amide bonds. The Morgan fingerprint density at radius 1 is 1.15 bits per heavy atom. The van der Waals surface area contributed by atoms with E-state index in [9.17, 15) is 4.79 Å². The highest BCUT2D eigenvalue weighted by Crippen LogP contribution is 2.26. The van der Waals surface area contributed by atoms with E-state index in [4.69, 9.17) is 4.74 Å². The van der Waals surface area contributed by atoms with Gasteiger partial charge in [0.2, 0.25) is 0 Å². The van der Waals surface area contributed by atoms with Gasteiger partial charge in [0.05, 0.1) is 12.3 Å². The number of anilines is 1. The molecule has 0 fully saturated rings. The third kappa shape index (κ3) is 4.75. The van der Waals surface area contributed by atoms with Crippen LogP contribution in [0, 0.1) is 0 Å². The van der Waals surface area contributed by atoms with E-state index in [1.165, 1.54) is 41.1 Å². The van der Waals surface area contributed by atoms with E-state index in [1.807, 2.05) is 5.38 Å². The van der Waals surface area contributed by atoms with Crippen molar-refractivity contribution in [2.24, 2.45) is 0 Å². The number of hydrogen-bond acceptors (Lipinski definition) is 6. The number of amides is 1. The number of carbonyl (C=O) groups is 1. The number of nitrogens with one attached hydrogen (secondary N) is 1. The highest BCUT2D eigenvalue weighted by atomic mass is 32.1. The van der Waals surface area contributed by atoms with Crippen molar-refractivity contribution in [3.8, 4) is 11.3 Å². The Balaban J connectivity index is 1.64. The van der Waals surface area contributed by atoms with Crippen LogP contribution in [0.2, 0.25) is 0 Å². The molecule has 2 heterocycles. The highest BCUT2D eigenvalue weighted by molar-refractivity contribution is 7.14. The molecule has 3 rings (SSSR count). The smallest absolute Gasteiger partial charge is 0.276 e. The lowest BCUT2D eigenvalue weighted by Gasteiger charge is -2.02. The minimum absolute atomic E-state index is 0.251. The summed E-state index contributed by atoms with van der Waals surface area (Å²) in [5.74, 6) is -0.251. The third-order valence-corrected chi connectivity index (χ3v) is 5.43. The molecule has 0 saturated carbocycles. The summed E-state index contributed by atoms with van der Waals surface area (Å²) in [6.45, 7) is 2.61. The Labute approximate surface area is 161 Å². The molecule has 1 aromatic carbocycles. The molecule has 3 aromatic rings. The molecule has 1 N–H and O–H groups in total. The van der Waals surface area contributed by atoms with Crippen molar-refractivity contribution < 1.29 is 9.53 Å². The molecule has 0 bridgehead atoms. The lowest BCUT2D eigenvalue weighted by molar-refractivity contribution is 0.102. The van der Waals surface area contributed by atoms with Crippen LogP contribution in [0.15, 0.2) is 35.0 Å². The fourth-order valence-electron chi connectivity index (χ4n) is 2.45. The summed E-state index contributed by atoms with van der Waals surface area (Å²) in [6, 6.07) is 8.47. The molecular formula is C19H21N3O2S2. The minimum Gasteiger partial charge on any atom is -0.378 e. The van der Waals surface area contributed by atoms with Crippen LogP contribution in [0.1, 0.15) is 40.8 Å². The number of aryl methyl sites for hydroxylation is 1. The van der Waals surface area contributed by atoms with Crippen LogP contribution >= 0.6 is 22.7 Å². The van der Waals surface area contributed by atoms with Gasteiger partial charge in [-0.25, -0.2) is 9.97 Å². The van der Waals surface area contributed by atoms with E-state index in [0.717, 1.165) is 22.7 Å². The van der Waals surface area contributed by atoms with Gasteiger partial charge < -0.3 is 4.74 Å². The molecule has 2 aromatic heterocycles. The maximum atomic E-state index is 12.3. The standard InChI is InChI=1S/C19H21N3O2S2/c1-3-4-5-13-6-8-14(9-7-13)15-11-26-19(21-15)22-18(23)16-12-25-17(20-16)10-24-2/h6-9,11-12H,3-5,10H2,1-2H3,(H,21,22,23). The Morgan fingerprint density at radius 2 is 1.96 bits per heavy atom. The monoisotopic (exact) mass is 387 g/mol. The number of thiazole rings is 2. The van der Waals surface area contributed by atoms with Crippen molar-refractivity contribution in [3.05, 3.63) is 51.3 Å². The second kappa shape index (κ2) is 9.02. The number of benzene rings is 1. The predicted octanol–water partition coefficient (Wildman–Crippen LogP) is 5.01. The van der Waals surface area contributed by atoms with E-state index < -0.39 is 0 Å². The Bertz CT molecular complexity index is 856. The van der Waals surface area contributed by atoms with Gasteiger partial charge in [-0.3, -0.25) is 10.1 Å². The molecule has 26 heavy (non-hydrogen) atoms. The Hall–Kier alpha value is -2.09. The van der Waals surface area contributed by atoms with Crippen molar-refractivity contribution >= 4 is 33.7 Å². The first kappa shape index (κ1) is 18.7. The molecule has 0 radical (unpaired) electrons. The summed E-state index contributed by atoms with van der Waals surface area (Å²) >= 11 is 2.82. The molecular weight excluding hydrogens is 366 g/mol. The van der Waals surface area contributed by atoms with E-state index in [2.05, 4.69) is 46.5 Å². The Kier molecular flexibility index (Phi) is 6.49. The fourth-order valence-corrected chi connectivity index (χ4v) is 3.91. The maximum absolute atomic E-state index is 12.3. The van der Waals surface area contributed by atoms with Crippen LogP contribution in [-0.2, 0) is 17.8 Å². The number of nitrogens with zero attached hydrogens (tertiary/aromatic N) is 2. The van der Waals surface area contributed by atoms with Crippen LogP contribution < -0.4 is 5.32 Å². The van der Waals surface area contributed by atoms with Gasteiger partial charge in [-0.1, -0.05) is 37.6 Å². The van der Waals surface area contributed by atoms with Gasteiger partial charge in [-0.05, 0) is 18.4 Å². The molecule has 0 atom stereocenters. The molecule has 0 spiro atoms. The number of rotatable bonds is 8. The van der Waals surface area contributed by atoms with Gasteiger partial charge >= 0.3 is 0 Å². The molecule has 0 aliphatic carbocycles. The van der Waals surface area contributed by atoms with Gasteiger partial charge in [-0.2, -0.15) is 0 Å². The molecule has 0 aliphatic rings. The zero-order valence-corrected chi connectivity index (χ0v) is 16.5. The van der Waals surface area contributed by atoms with Gasteiger partial charge in [0.15, 0.2) is 5.13 Å². The number of ether oxygens (including phenoxy) is 1. The van der Waals surface area contributed by atoms with Crippen LogP contribution in [0.4, 0.5) is 5.13 Å². The molecule has 136 valence electrons. The Morgan fingerprint density at radius 3 is 2.69 bits per heavy atom. The number of unbranched alkanes of at least 4 members (excludes halogenated alkanes) is 1. The third-order valence-electron chi connectivity index (χ3n) is 3.85. The number of hydrogen-bond donors (Lipinski definition) is 1. The second-order valence-electron chi connectivity index (χ2n) is 5.85. The van der Waals surface area contributed by atoms with Gasteiger partial charge in [0.1, 0.15) is 10.7 Å². The summed E-state index contributed by atoms with van der Waals surface area (Å²) in [4.78, 5) is 21.1. The molecule has 0 aliphatic heterocycles. The fraction of sp³-hybridized carbons (Fsp3) is 0.316. The van der Waals surface area contributed by atoms with Gasteiger partial charge in [-0.15, -0.1) is 22.7 Å². The summed E-state index contributed by atoms with van der Waals surface area (Å²) < 4.78 is 5.03. The first-order chi connectivity index (χ1) is 12.7. The van der Waals surface area contributed by atoms with E-state index in [1.54, 1.807) is 12.5 Å². The quantitative estimate of drug-likeness (QED) is 0.590. The summed E-state index contributed by atoms with van der Waals surface area (Å²) in [5, 5.41) is 7.85. The van der Waals surface area contributed by atoms with Crippen molar-refractivity contribution in [2.75, 3.05) is 12.4 Å². The topological polar surface area (TPSA) is 64.1 Å². The predicted molar refractivity (Wildman–Crippen MR) is 107 cm³/mol. The SMILES string of the molecule is CCCCc1ccc(-c2csc(NC(=O)c3csc(COC)n3)n2)cc1. The van der Waals surface area contributed by atoms with Gasteiger partial charge in [0, 0.05) is 23.4 Å². The van der Waals surface area contributed by atoms with Gasteiger partial charge in [0.25, 0.3) is 5.91 Å². The largest absolute Gasteiger partial charge is 0.378 e. The minimum atomic E-state index is -0.251. The summed E-state index contributed by atoms with van der Waals surface area (Å²) in [6.07, 6.45) is 3.51. The van der Waals surface area contributed by atoms with Crippen LogP contribution in [0.25, 0.3) is 11.3 Å². The van der Waals surface area contributed by atoms with E-state index in [0.29, 0.717) is 17.4 Å². The average Bonchev–Trinajstić information content (AvgIpc) is 3.30. The van der Waals surface area contributed by atoms with E-state index in [-0.39, 0.29) is 5.91 Å². The highest BCUT2D eigenvalue weighted by Gasteiger charge is 2.13. The second-order valence-corrected chi connectivity index (χ2v) is 7.65. The molecule has 0 unspecified atom stereocenters. The zero-order valence-electron chi connectivity index (χ0n) is 14.8. The summed E-state index contributed by atoms with van der Waals surface area (Å²) in [5.41, 5.74) is 3.65. The van der Waals surface area contributed by atoms with Crippen molar-refractivity contribution in [1.29, 1.82) is 0 Å². The average molecular weight is 388 g/mol. The van der Waals surface area contributed by atoms with Crippen molar-refractivity contribution in [3.63, 3.8) is 0 Å². The van der Waals surface area contributed by atoms with Crippen molar-refractivity contribution in [1.82, 2.24) is 9.97 Å². The van der Waals surface area contributed by atoms with Crippen LogP contribution in [-0.4, -0.2) is 23.0 Å². The van der Waals surface area contributed by atoms with Crippen molar-refractivity contribution in [2.45, 2.75) is 32.8 Å². The number of methoxy groups -OCH3 is 1. The number of carbonyl (C=O) groups excluding carboxylic acids is 1. The van der Waals surface area contributed by atoms with Crippen LogP contribution in [0.5, 0.6) is 0 Å². The lowest BCUT2D eigenvalue weighted by Crippen LogP contribution is -2.12. The maximum Gasteiger partial charge on any atom is 0.276 e. The van der Waals surface area contributed by atoms with Crippen LogP contribution in [0.3, 0.4) is 0 Å². The first-order valence-corrected chi connectivity index (χ1v) is 10.2. The molecule has 5 nitrogen and oxygen atoms in total. The normalized spacial score (nSPS) is 10.8. The van der Waals surface area contributed by atoms with E-state index >= 15 is 0 Å². The lowest BCUT2D eigenvalue weighted by atomic mass is 10.1. The number of aromatic nitrogens is 2.